The summed E-state index contributed by atoms with van der Waals surface area (Å²) in [6.07, 6.45) is -4.61. The maximum atomic E-state index is 12.8. The lowest BCUT2D eigenvalue weighted by Gasteiger charge is -2.15. The van der Waals surface area contributed by atoms with E-state index in [0.717, 1.165) is 12.1 Å². The summed E-state index contributed by atoms with van der Waals surface area (Å²) in [7, 11) is 0. The van der Waals surface area contributed by atoms with Gasteiger partial charge in [-0.15, -0.1) is 0 Å². The van der Waals surface area contributed by atoms with Crippen LogP contribution in [-0.4, -0.2) is 18.6 Å². The molecule has 1 aliphatic heterocycles. The summed E-state index contributed by atoms with van der Waals surface area (Å²) in [6.45, 7) is 1.74. The first-order valence-corrected chi connectivity index (χ1v) is 8.41. The molecule has 0 bridgehead atoms. The summed E-state index contributed by atoms with van der Waals surface area (Å²) in [5.41, 5.74) is -0.656. The fraction of sp³-hybridized carbons (Fsp3) is 0.222. The van der Waals surface area contributed by atoms with Crippen LogP contribution in [0.2, 0.25) is 5.02 Å². The molecular formula is C18H14ClF3N2O4. The minimum atomic E-state index is -4.61. The number of fused-ring (bicyclic) bond motifs is 1. The Balaban J connectivity index is 1.67. The molecule has 0 saturated heterocycles. The van der Waals surface area contributed by atoms with Gasteiger partial charge < -0.3 is 20.1 Å². The molecule has 0 aromatic heterocycles. The van der Waals surface area contributed by atoms with E-state index >= 15 is 0 Å². The topological polar surface area (TPSA) is 76.7 Å². The van der Waals surface area contributed by atoms with Gasteiger partial charge in [0.15, 0.2) is 11.5 Å². The summed E-state index contributed by atoms with van der Waals surface area (Å²) < 4.78 is 48.8. The van der Waals surface area contributed by atoms with Crippen molar-refractivity contribution >= 4 is 29.1 Å². The average molecular weight is 415 g/mol. The highest BCUT2D eigenvalue weighted by Crippen LogP contribution is 2.35. The third-order valence-electron chi connectivity index (χ3n) is 3.99. The number of hydrogen-bond acceptors (Lipinski definition) is 4. The van der Waals surface area contributed by atoms with Gasteiger partial charge in [-0.05, 0) is 42.8 Å². The van der Waals surface area contributed by atoms with Gasteiger partial charge in [-0.3, -0.25) is 9.59 Å². The van der Waals surface area contributed by atoms with E-state index in [1.165, 1.54) is 0 Å². The number of amides is 2. The summed E-state index contributed by atoms with van der Waals surface area (Å²) in [5, 5.41) is 4.43. The molecule has 0 fully saturated rings. The quantitative estimate of drug-likeness (QED) is 0.747. The molecule has 0 saturated carbocycles. The predicted molar refractivity (Wildman–Crippen MR) is 94.2 cm³/mol. The number of alkyl halides is 3. The molecule has 10 heteroatoms. The van der Waals surface area contributed by atoms with Crippen LogP contribution >= 0.6 is 11.6 Å². The Morgan fingerprint density at radius 1 is 1.07 bits per heavy atom. The Kier molecular flexibility index (Phi) is 5.37. The zero-order valence-corrected chi connectivity index (χ0v) is 15.1. The molecule has 148 valence electrons. The SMILES string of the molecule is C[C@H](NC(=O)C(=O)Nc1cc(C(F)(F)F)ccc1Cl)c1ccc2c(c1)OCO2. The second-order valence-electron chi connectivity index (χ2n) is 5.95. The number of nitrogens with one attached hydrogen (secondary N) is 2. The zero-order valence-electron chi connectivity index (χ0n) is 14.4. The fourth-order valence-electron chi connectivity index (χ4n) is 2.50. The van der Waals surface area contributed by atoms with Crippen molar-refractivity contribution in [3.63, 3.8) is 0 Å². The van der Waals surface area contributed by atoms with Crippen molar-refractivity contribution in [1.82, 2.24) is 5.32 Å². The minimum Gasteiger partial charge on any atom is -0.454 e. The Bertz CT molecular complexity index is 934. The average Bonchev–Trinajstić information content (AvgIpc) is 3.10. The Morgan fingerprint density at radius 2 is 1.79 bits per heavy atom. The first-order chi connectivity index (χ1) is 13.1. The summed E-state index contributed by atoms with van der Waals surface area (Å²) in [6, 6.07) is 6.89. The van der Waals surface area contributed by atoms with E-state index in [2.05, 4.69) is 10.6 Å². The summed E-state index contributed by atoms with van der Waals surface area (Å²) in [4.78, 5) is 24.2. The van der Waals surface area contributed by atoms with Crippen LogP contribution in [0.5, 0.6) is 11.5 Å². The van der Waals surface area contributed by atoms with Gasteiger partial charge >= 0.3 is 18.0 Å². The van der Waals surface area contributed by atoms with E-state index < -0.39 is 29.6 Å². The highest BCUT2D eigenvalue weighted by molar-refractivity contribution is 6.41. The predicted octanol–water partition coefficient (Wildman–Crippen LogP) is 3.90. The molecule has 0 unspecified atom stereocenters. The first kappa shape index (κ1) is 19.8. The van der Waals surface area contributed by atoms with E-state index in [0.29, 0.717) is 23.1 Å². The number of carbonyl (C=O) groups is 2. The van der Waals surface area contributed by atoms with E-state index in [-0.39, 0.29) is 17.5 Å². The van der Waals surface area contributed by atoms with Crippen LogP contribution in [0.25, 0.3) is 0 Å². The molecule has 1 atom stereocenters. The van der Waals surface area contributed by atoms with Gasteiger partial charge in [-0.2, -0.15) is 13.2 Å². The summed E-state index contributed by atoms with van der Waals surface area (Å²) in [5.74, 6) is -1.09. The molecule has 2 aromatic carbocycles. The van der Waals surface area contributed by atoms with E-state index in [1.807, 2.05) is 0 Å². The van der Waals surface area contributed by atoms with Crippen molar-refractivity contribution in [2.45, 2.75) is 19.1 Å². The van der Waals surface area contributed by atoms with Crippen LogP contribution in [0.1, 0.15) is 24.1 Å². The molecular weight excluding hydrogens is 401 g/mol. The molecule has 2 N–H and O–H groups in total. The number of rotatable bonds is 3. The fourth-order valence-corrected chi connectivity index (χ4v) is 2.67. The van der Waals surface area contributed by atoms with Gasteiger partial charge in [-0.1, -0.05) is 17.7 Å². The minimum absolute atomic E-state index is 0.0969. The molecule has 0 radical (unpaired) electrons. The number of benzene rings is 2. The van der Waals surface area contributed by atoms with E-state index in [1.54, 1.807) is 25.1 Å². The van der Waals surface area contributed by atoms with Gasteiger partial charge in [-0.25, -0.2) is 0 Å². The van der Waals surface area contributed by atoms with Crippen molar-refractivity contribution in [3.05, 3.63) is 52.5 Å². The van der Waals surface area contributed by atoms with Crippen molar-refractivity contribution in [2.75, 3.05) is 12.1 Å². The monoisotopic (exact) mass is 414 g/mol. The highest BCUT2D eigenvalue weighted by atomic mass is 35.5. The van der Waals surface area contributed by atoms with Crippen LogP contribution in [0.4, 0.5) is 18.9 Å². The van der Waals surface area contributed by atoms with Gasteiger partial charge in [0.25, 0.3) is 0 Å². The van der Waals surface area contributed by atoms with Crippen LogP contribution in [0, 0.1) is 0 Å². The first-order valence-electron chi connectivity index (χ1n) is 8.03. The molecule has 0 spiro atoms. The largest absolute Gasteiger partial charge is 0.454 e. The Hall–Kier alpha value is -2.94. The normalized spacial score (nSPS) is 13.8. The van der Waals surface area contributed by atoms with Gasteiger partial charge in [0, 0.05) is 0 Å². The third-order valence-corrected chi connectivity index (χ3v) is 4.32. The number of hydrogen-bond donors (Lipinski definition) is 2. The number of halogens is 4. The van der Waals surface area contributed by atoms with E-state index in [9.17, 15) is 22.8 Å². The van der Waals surface area contributed by atoms with Gasteiger partial charge in [0.1, 0.15) is 0 Å². The van der Waals surface area contributed by atoms with Crippen LogP contribution in [0.15, 0.2) is 36.4 Å². The van der Waals surface area contributed by atoms with Crippen molar-refractivity contribution in [1.29, 1.82) is 0 Å². The summed E-state index contributed by atoms with van der Waals surface area (Å²) >= 11 is 5.81. The number of carbonyl (C=O) groups excluding carboxylic acids is 2. The molecule has 1 aliphatic rings. The van der Waals surface area contributed by atoms with Crippen LogP contribution in [-0.2, 0) is 15.8 Å². The Morgan fingerprint density at radius 3 is 2.50 bits per heavy atom. The maximum Gasteiger partial charge on any atom is 0.416 e. The van der Waals surface area contributed by atoms with Crippen molar-refractivity contribution in [2.24, 2.45) is 0 Å². The maximum absolute atomic E-state index is 12.8. The molecule has 0 aliphatic carbocycles. The van der Waals surface area contributed by atoms with Gasteiger partial charge in [0.05, 0.1) is 22.3 Å². The highest BCUT2D eigenvalue weighted by Gasteiger charge is 2.31. The third kappa shape index (κ3) is 4.30. The lowest BCUT2D eigenvalue weighted by Crippen LogP contribution is -2.37. The second-order valence-corrected chi connectivity index (χ2v) is 6.36. The molecule has 3 rings (SSSR count). The number of ether oxygens (including phenoxy) is 2. The number of anilines is 1. The van der Waals surface area contributed by atoms with Crippen LogP contribution in [0.3, 0.4) is 0 Å². The zero-order chi connectivity index (χ0) is 20.5. The molecule has 2 amide bonds. The van der Waals surface area contributed by atoms with Crippen LogP contribution < -0.4 is 20.1 Å². The second kappa shape index (κ2) is 7.59. The standard InChI is InChI=1S/C18H14ClF3N2O4/c1-9(10-2-5-14-15(6-10)28-8-27-14)23-16(25)17(26)24-13-7-11(18(20,21)22)3-4-12(13)19/h2-7,9H,8H2,1H3,(H,23,25)(H,24,26)/t9-/m0/s1. The lowest BCUT2D eigenvalue weighted by atomic mass is 10.1. The molecule has 2 aromatic rings. The van der Waals surface area contributed by atoms with Crippen molar-refractivity contribution in [3.8, 4) is 11.5 Å². The lowest BCUT2D eigenvalue weighted by molar-refractivity contribution is -0.137. The van der Waals surface area contributed by atoms with E-state index in [4.69, 9.17) is 21.1 Å². The van der Waals surface area contributed by atoms with Crippen molar-refractivity contribution < 1.29 is 32.2 Å². The smallest absolute Gasteiger partial charge is 0.416 e. The molecule has 1 heterocycles. The molecule has 28 heavy (non-hydrogen) atoms. The molecule has 6 nitrogen and oxygen atoms in total. The van der Waals surface area contributed by atoms with Gasteiger partial charge in [0.2, 0.25) is 6.79 Å². The Labute approximate surface area is 162 Å².